The molecule has 0 bridgehead atoms. The first-order valence-electron chi connectivity index (χ1n) is 9.74. The minimum atomic E-state index is -3.90. The Bertz CT molecular complexity index is 1000. The number of hydrogen-bond donors (Lipinski definition) is 2. The van der Waals surface area contributed by atoms with Gasteiger partial charge in [0, 0.05) is 31.7 Å². The molecule has 1 fully saturated rings. The topological polar surface area (TPSA) is 109 Å². The van der Waals surface area contributed by atoms with E-state index in [1.807, 2.05) is 30.3 Å². The fourth-order valence-electron chi connectivity index (χ4n) is 3.30. The van der Waals surface area contributed by atoms with Crippen molar-refractivity contribution in [2.24, 2.45) is 0 Å². The van der Waals surface area contributed by atoms with Crippen molar-refractivity contribution in [3.05, 3.63) is 66.4 Å². The van der Waals surface area contributed by atoms with Crippen molar-refractivity contribution in [1.82, 2.24) is 14.9 Å². The predicted octanol–water partition coefficient (Wildman–Crippen LogP) is 1.71. The molecule has 0 spiro atoms. The molecule has 30 heavy (non-hydrogen) atoms. The minimum Gasteiger partial charge on any atom is -0.451 e. The van der Waals surface area contributed by atoms with Crippen molar-refractivity contribution in [3.8, 4) is 0 Å². The smallest absolute Gasteiger partial charge is 0.276 e. The Hall–Kier alpha value is -2.91. The highest BCUT2D eigenvalue weighted by molar-refractivity contribution is 7.89. The summed E-state index contributed by atoms with van der Waals surface area (Å²) < 4.78 is 32.3. The van der Waals surface area contributed by atoms with Gasteiger partial charge in [-0.15, -0.1) is 0 Å². The highest BCUT2D eigenvalue weighted by Gasteiger charge is 2.33. The van der Waals surface area contributed by atoms with Gasteiger partial charge in [-0.05, 0) is 30.9 Å². The van der Waals surface area contributed by atoms with Gasteiger partial charge in [-0.25, -0.2) is 8.42 Å². The fourth-order valence-corrected chi connectivity index (χ4v) is 4.75. The number of nitrogens with one attached hydrogen (secondary N) is 2. The van der Waals surface area contributed by atoms with Crippen LogP contribution >= 0.6 is 0 Å². The van der Waals surface area contributed by atoms with Gasteiger partial charge < -0.3 is 15.1 Å². The summed E-state index contributed by atoms with van der Waals surface area (Å²) >= 11 is 0. The van der Waals surface area contributed by atoms with Crippen LogP contribution in [0.1, 0.15) is 28.8 Å². The summed E-state index contributed by atoms with van der Waals surface area (Å²) in [4.78, 5) is 23.8. The summed E-state index contributed by atoms with van der Waals surface area (Å²) in [5.41, 5.74) is 1.24. The molecule has 0 saturated carbocycles. The zero-order valence-electron chi connectivity index (χ0n) is 16.5. The van der Waals surface area contributed by atoms with Crippen LogP contribution in [0.4, 0.5) is 0 Å². The second-order valence-electron chi connectivity index (χ2n) is 7.06. The van der Waals surface area contributed by atoms with Crippen LogP contribution in [0.2, 0.25) is 0 Å². The lowest BCUT2D eigenvalue weighted by molar-refractivity contribution is -0.117. The van der Waals surface area contributed by atoms with E-state index in [4.69, 9.17) is 4.42 Å². The monoisotopic (exact) mass is 431 g/mol. The molecule has 1 aromatic carbocycles. The molecule has 0 aliphatic carbocycles. The van der Waals surface area contributed by atoms with E-state index >= 15 is 0 Å². The standard InChI is InChI=1S/C21H25N3O5S/c1-2-19(25)23-18-9-6-12-24(14-18)30(27,28)20-13-17(15-29-20)21(26)22-11-10-16-7-4-3-5-8-16/h2-5,7-8,13,15,18H,1,6,9-12,14H2,(H,22,26)(H,23,25)/t18-/m0/s1. The summed E-state index contributed by atoms with van der Waals surface area (Å²) in [6, 6.07) is 10.7. The number of amides is 2. The first-order valence-corrected chi connectivity index (χ1v) is 11.2. The summed E-state index contributed by atoms with van der Waals surface area (Å²) in [6.45, 7) is 4.29. The molecule has 1 aromatic heterocycles. The molecule has 1 atom stereocenters. The normalized spacial score (nSPS) is 17.3. The molecule has 160 valence electrons. The van der Waals surface area contributed by atoms with E-state index in [0.717, 1.165) is 17.9 Å². The number of hydrogen-bond acceptors (Lipinski definition) is 5. The zero-order chi connectivity index (χ0) is 21.6. The number of carbonyl (C=O) groups excluding carboxylic acids is 2. The predicted molar refractivity (Wildman–Crippen MR) is 111 cm³/mol. The quantitative estimate of drug-likeness (QED) is 0.619. The van der Waals surface area contributed by atoms with E-state index in [1.54, 1.807) is 0 Å². The number of furan rings is 1. The molecule has 3 rings (SSSR count). The van der Waals surface area contributed by atoms with Crippen LogP contribution in [0.5, 0.6) is 0 Å². The van der Waals surface area contributed by atoms with Crippen LogP contribution in [0.15, 0.2) is 64.8 Å². The van der Waals surface area contributed by atoms with E-state index in [9.17, 15) is 18.0 Å². The zero-order valence-corrected chi connectivity index (χ0v) is 17.4. The Morgan fingerprint density at radius 3 is 2.77 bits per heavy atom. The van der Waals surface area contributed by atoms with E-state index in [0.29, 0.717) is 32.4 Å². The third-order valence-corrected chi connectivity index (χ3v) is 6.62. The molecule has 0 radical (unpaired) electrons. The number of sulfonamides is 1. The van der Waals surface area contributed by atoms with Crippen LogP contribution in [-0.4, -0.2) is 50.2 Å². The second-order valence-corrected chi connectivity index (χ2v) is 8.93. The average molecular weight is 432 g/mol. The number of carbonyl (C=O) groups is 2. The van der Waals surface area contributed by atoms with Crippen LogP contribution in [-0.2, 0) is 21.2 Å². The maximum Gasteiger partial charge on any atom is 0.276 e. The molecule has 2 heterocycles. The third-order valence-electron chi connectivity index (χ3n) is 4.89. The summed E-state index contributed by atoms with van der Waals surface area (Å²) in [5, 5.41) is 5.20. The molecular formula is C21H25N3O5S. The van der Waals surface area contributed by atoms with E-state index in [1.165, 1.54) is 10.4 Å². The SMILES string of the molecule is C=CC(=O)N[C@H]1CCCN(S(=O)(=O)c2cc(C(=O)NCCc3ccccc3)co2)C1. The van der Waals surface area contributed by atoms with Crippen molar-refractivity contribution in [1.29, 1.82) is 0 Å². The lowest BCUT2D eigenvalue weighted by Crippen LogP contribution is -2.49. The number of benzene rings is 1. The van der Waals surface area contributed by atoms with Crippen molar-refractivity contribution < 1.29 is 22.4 Å². The van der Waals surface area contributed by atoms with Crippen LogP contribution in [0.3, 0.4) is 0 Å². The molecule has 1 aliphatic heterocycles. The lowest BCUT2D eigenvalue weighted by Gasteiger charge is -2.31. The van der Waals surface area contributed by atoms with E-state index in [2.05, 4.69) is 17.2 Å². The van der Waals surface area contributed by atoms with Crippen molar-refractivity contribution in [3.63, 3.8) is 0 Å². The van der Waals surface area contributed by atoms with Gasteiger partial charge in [0.2, 0.25) is 11.0 Å². The first-order chi connectivity index (χ1) is 14.4. The van der Waals surface area contributed by atoms with Gasteiger partial charge >= 0.3 is 0 Å². The summed E-state index contributed by atoms with van der Waals surface area (Å²) in [6.07, 6.45) is 4.25. The Morgan fingerprint density at radius 2 is 2.03 bits per heavy atom. The minimum absolute atomic E-state index is 0.140. The molecule has 9 heteroatoms. The molecule has 0 unspecified atom stereocenters. The van der Waals surface area contributed by atoms with Crippen molar-refractivity contribution in [2.75, 3.05) is 19.6 Å². The fraction of sp³-hybridized carbons (Fsp3) is 0.333. The van der Waals surface area contributed by atoms with E-state index < -0.39 is 15.9 Å². The molecule has 2 amide bonds. The van der Waals surface area contributed by atoms with Gasteiger partial charge in [0.1, 0.15) is 6.26 Å². The lowest BCUT2D eigenvalue weighted by atomic mass is 10.1. The van der Waals surface area contributed by atoms with Crippen LogP contribution < -0.4 is 10.6 Å². The van der Waals surface area contributed by atoms with Crippen molar-refractivity contribution >= 4 is 21.8 Å². The van der Waals surface area contributed by atoms with Gasteiger partial charge in [-0.3, -0.25) is 9.59 Å². The number of rotatable bonds is 8. The molecular weight excluding hydrogens is 406 g/mol. The first kappa shape index (κ1) is 21.8. The highest BCUT2D eigenvalue weighted by atomic mass is 32.2. The average Bonchev–Trinajstić information content (AvgIpc) is 3.26. The maximum absolute atomic E-state index is 12.9. The third kappa shape index (κ3) is 5.37. The molecule has 8 nitrogen and oxygen atoms in total. The molecule has 2 aromatic rings. The van der Waals surface area contributed by atoms with Gasteiger partial charge in [-0.1, -0.05) is 36.9 Å². The van der Waals surface area contributed by atoms with Gasteiger partial charge in [0.15, 0.2) is 0 Å². The largest absolute Gasteiger partial charge is 0.451 e. The molecule has 2 N–H and O–H groups in total. The van der Waals surface area contributed by atoms with Gasteiger partial charge in [-0.2, -0.15) is 4.31 Å². The van der Waals surface area contributed by atoms with Crippen LogP contribution in [0, 0.1) is 0 Å². The number of piperidine rings is 1. The summed E-state index contributed by atoms with van der Waals surface area (Å²) in [7, 11) is -3.90. The second kappa shape index (κ2) is 9.73. The molecule has 1 aliphatic rings. The van der Waals surface area contributed by atoms with Gasteiger partial charge in [0.05, 0.1) is 5.56 Å². The highest BCUT2D eigenvalue weighted by Crippen LogP contribution is 2.22. The van der Waals surface area contributed by atoms with Gasteiger partial charge in [0.25, 0.3) is 15.9 Å². The maximum atomic E-state index is 12.9. The Labute approximate surface area is 176 Å². The Morgan fingerprint density at radius 1 is 1.27 bits per heavy atom. The van der Waals surface area contributed by atoms with Crippen LogP contribution in [0.25, 0.3) is 0 Å². The summed E-state index contributed by atoms with van der Waals surface area (Å²) in [5.74, 6) is -0.738. The van der Waals surface area contributed by atoms with E-state index in [-0.39, 0.29) is 29.1 Å². The number of nitrogens with zero attached hydrogens (tertiary/aromatic N) is 1. The Balaban J connectivity index is 1.60. The molecule has 1 saturated heterocycles. The van der Waals surface area contributed by atoms with Crippen molar-refractivity contribution in [2.45, 2.75) is 30.4 Å². The Kier molecular flexibility index (Phi) is 7.07.